The third-order valence-electron chi connectivity index (χ3n) is 2.67. The number of ether oxygens (including phenoxy) is 2. The van der Waals surface area contributed by atoms with Crippen molar-refractivity contribution >= 4 is 0 Å². The predicted octanol–water partition coefficient (Wildman–Crippen LogP) is 1.53. The van der Waals surface area contributed by atoms with E-state index in [-0.39, 0.29) is 6.04 Å². The topological polar surface area (TPSA) is 33.7 Å². The van der Waals surface area contributed by atoms with Crippen LogP contribution in [0.5, 0.6) is 11.5 Å². The molecular formula is C13H22N2O2. The van der Waals surface area contributed by atoms with Crippen LogP contribution in [0.4, 0.5) is 0 Å². The lowest BCUT2D eigenvalue weighted by Gasteiger charge is -2.22. The molecule has 0 aliphatic heterocycles. The Labute approximate surface area is 104 Å². The van der Waals surface area contributed by atoms with Crippen LogP contribution in [0.2, 0.25) is 0 Å². The molecule has 1 rings (SSSR count). The fourth-order valence-corrected chi connectivity index (χ4v) is 1.76. The third kappa shape index (κ3) is 3.91. The standard InChI is InChI=1S/C13H22N2O2/c1-14-13(9-15(2)3)10-6-11(16-4)8-12(7-10)17-5/h6-8,13-14H,9H2,1-5H3. The monoisotopic (exact) mass is 238 g/mol. The Kier molecular flexibility index (Phi) is 5.25. The van der Waals surface area contributed by atoms with Crippen LogP contribution in [-0.4, -0.2) is 46.8 Å². The lowest BCUT2D eigenvalue weighted by Crippen LogP contribution is -2.28. The van der Waals surface area contributed by atoms with Crippen LogP contribution in [0.3, 0.4) is 0 Å². The number of rotatable bonds is 6. The number of likely N-dealkylation sites (N-methyl/N-ethyl adjacent to an activating group) is 2. The summed E-state index contributed by atoms with van der Waals surface area (Å²) in [6.45, 7) is 0.923. The van der Waals surface area contributed by atoms with Crippen LogP contribution in [0.15, 0.2) is 18.2 Å². The number of hydrogen-bond donors (Lipinski definition) is 1. The zero-order valence-corrected chi connectivity index (χ0v) is 11.3. The predicted molar refractivity (Wildman–Crippen MR) is 69.9 cm³/mol. The fourth-order valence-electron chi connectivity index (χ4n) is 1.76. The lowest BCUT2D eigenvalue weighted by atomic mass is 10.1. The van der Waals surface area contributed by atoms with E-state index < -0.39 is 0 Å². The van der Waals surface area contributed by atoms with Gasteiger partial charge >= 0.3 is 0 Å². The van der Waals surface area contributed by atoms with E-state index in [1.807, 2.05) is 25.2 Å². The van der Waals surface area contributed by atoms with E-state index in [0.29, 0.717) is 0 Å². The Bertz CT molecular complexity index is 331. The van der Waals surface area contributed by atoms with Crippen molar-refractivity contribution in [1.82, 2.24) is 10.2 Å². The lowest BCUT2D eigenvalue weighted by molar-refractivity contribution is 0.349. The molecule has 1 N–H and O–H groups in total. The fraction of sp³-hybridized carbons (Fsp3) is 0.538. The zero-order valence-electron chi connectivity index (χ0n) is 11.3. The maximum Gasteiger partial charge on any atom is 0.122 e. The van der Waals surface area contributed by atoms with Gasteiger partial charge in [0.05, 0.1) is 14.2 Å². The number of nitrogens with one attached hydrogen (secondary N) is 1. The van der Waals surface area contributed by atoms with Gasteiger partial charge in [0.15, 0.2) is 0 Å². The first-order valence-electron chi connectivity index (χ1n) is 5.65. The normalized spacial score (nSPS) is 12.6. The average molecular weight is 238 g/mol. The molecule has 0 amide bonds. The summed E-state index contributed by atoms with van der Waals surface area (Å²) in [5.41, 5.74) is 1.16. The van der Waals surface area contributed by atoms with Gasteiger partial charge < -0.3 is 19.7 Å². The Morgan fingerprint density at radius 2 is 1.65 bits per heavy atom. The SMILES string of the molecule is CNC(CN(C)C)c1cc(OC)cc(OC)c1. The second-order valence-electron chi connectivity index (χ2n) is 4.25. The van der Waals surface area contributed by atoms with Crippen LogP contribution in [0.25, 0.3) is 0 Å². The minimum atomic E-state index is 0.258. The Morgan fingerprint density at radius 3 is 2.00 bits per heavy atom. The van der Waals surface area contributed by atoms with Gasteiger partial charge in [-0.25, -0.2) is 0 Å². The molecule has 0 bridgehead atoms. The largest absolute Gasteiger partial charge is 0.497 e. The molecule has 0 saturated heterocycles. The number of hydrogen-bond acceptors (Lipinski definition) is 4. The molecule has 4 heteroatoms. The number of benzene rings is 1. The van der Waals surface area contributed by atoms with Gasteiger partial charge in [0.25, 0.3) is 0 Å². The quantitative estimate of drug-likeness (QED) is 0.815. The minimum absolute atomic E-state index is 0.258. The summed E-state index contributed by atoms with van der Waals surface area (Å²) in [5, 5.41) is 3.30. The summed E-state index contributed by atoms with van der Waals surface area (Å²) < 4.78 is 10.6. The van der Waals surface area contributed by atoms with Crippen molar-refractivity contribution in [2.45, 2.75) is 6.04 Å². The maximum absolute atomic E-state index is 5.28. The molecule has 0 saturated carbocycles. The van der Waals surface area contributed by atoms with Crippen LogP contribution >= 0.6 is 0 Å². The third-order valence-corrected chi connectivity index (χ3v) is 2.67. The van der Waals surface area contributed by atoms with Crippen LogP contribution in [0.1, 0.15) is 11.6 Å². The molecule has 4 nitrogen and oxygen atoms in total. The van der Waals surface area contributed by atoms with Crippen molar-refractivity contribution in [3.8, 4) is 11.5 Å². The summed E-state index contributed by atoms with van der Waals surface area (Å²) >= 11 is 0. The Morgan fingerprint density at radius 1 is 1.12 bits per heavy atom. The molecule has 17 heavy (non-hydrogen) atoms. The first-order chi connectivity index (χ1) is 8.10. The van der Waals surface area contributed by atoms with Crippen LogP contribution in [-0.2, 0) is 0 Å². The van der Waals surface area contributed by atoms with Crippen molar-refractivity contribution in [2.75, 3.05) is 41.9 Å². The molecule has 96 valence electrons. The molecule has 0 aliphatic carbocycles. The molecule has 1 aromatic rings. The number of methoxy groups -OCH3 is 2. The van der Waals surface area contributed by atoms with Gasteiger partial charge in [-0.1, -0.05) is 0 Å². The van der Waals surface area contributed by atoms with Gasteiger partial charge in [0, 0.05) is 18.7 Å². The molecule has 1 unspecified atom stereocenters. The zero-order chi connectivity index (χ0) is 12.8. The first kappa shape index (κ1) is 13.8. The van der Waals surface area contributed by atoms with E-state index in [2.05, 4.69) is 24.3 Å². The maximum atomic E-state index is 5.28. The summed E-state index contributed by atoms with van der Waals surface area (Å²) in [7, 11) is 9.40. The van der Waals surface area contributed by atoms with Crippen LogP contribution < -0.4 is 14.8 Å². The first-order valence-corrected chi connectivity index (χ1v) is 5.65. The molecular weight excluding hydrogens is 216 g/mol. The molecule has 0 aliphatic rings. The summed E-state index contributed by atoms with van der Waals surface area (Å²) in [4.78, 5) is 2.15. The Hall–Kier alpha value is -1.26. The van der Waals surface area contributed by atoms with Crippen molar-refractivity contribution < 1.29 is 9.47 Å². The van der Waals surface area contributed by atoms with Crippen molar-refractivity contribution in [3.63, 3.8) is 0 Å². The highest BCUT2D eigenvalue weighted by Crippen LogP contribution is 2.26. The van der Waals surface area contributed by atoms with Gasteiger partial charge in [0.1, 0.15) is 11.5 Å². The number of nitrogens with zero attached hydrogens (tertiary/aromatic N) is 1. The van der Waals surface area contributed by atoms with Gasteiger partial charge in [-0.3, -0.25) is 0 Å². The van der Waals surface area contributed by atoms with Crippen molar-refractivity contribution in [2.24, 2.45) is 0 Å². The van der Waals surface area contributed by atoms with Crippen molar-refractivity contribution in [1.29, 1.82) is 0 Å². The van der Waals surface area contributed by atoms with Gasteiger partial charge in [-0.05, 0) is 38.8 Å². The highest BCUT2D eigenvalue weighted by Gasteiger charge is 2.12. The van der Waals surface area contributed by atoms with E-state index >= 15 is 0 Å². The Balaban J connectivity index is 3.00. The van der Waals surface area contributed by atoms with Gasteiger partial charge in [-0.15, -0.1) is 0 Å². The molecule has 1 aromatic carbocycles. The second-order valence-corrected chi connectivity index (χ2v) is 4.25. The summed E-state index contributed by atoms with van der Waals surface area (Å²) in [6.07, 6.45) is 0. The smallest absolute Gasteiger partial charge is 0.122 e. The van der Waals surface area contributed by atoms with Gasteiger partial charge in [-0.2, -0.15) is 0 Å². The van der Waals surface area contributed by atoms with E-state index in [9.17, 15) is 0 Å². The van der Waals surface area contributed by atoms with E-state index in [1.54, 1.807) is 14.2 Å². The molecule has 0 fully saturated rings. The van der Waals surface area contributed by atoms with E-state index in [4.69, 9.17) is 9.47 Å². The van der Waals surface area contributed by atoms with Gasteiger partial charge in [0.2, 0.25) is 0 Å². The highest BCUT2D eigenvalue weighted by atomic mass is 16.5. The molecule has 1 atom stereocenters. The van der Waals surface area contributed by atoms with Crippen LogP contribution in [0, 0.1) is 0 Å². The second kappa shape index (κ2) is 6.47. The molecule has 0 spiro atoms. The summed E-state index contributed by atoms with van der Waals surface area (Å²) in [5.74, 6) is 1.64. The van der Waals surface area contributed by atoms with E-state index in [1.165, 1.54) is 0 Å². The van der Waals surface area contributed by atoms with E-state index in [0.717, 1.165) is 23.6 Å². The minimum Gasteiger partial charge on any atom is -0.497 e. The highest BCUT2D eigenvalue weighted by molar-refractivity contribution is 5.39. The molecule has 0 heterocycles. The summed E-state index contributed by atoms with van der Waals surface area (Å²) in [6, 6.07) is 6.21. The molecule has 0 aromatic heterocycles. The molecule has 0 radical (unpaired) electrons. The van der Waals surface area contributed by atoms with Crippen molar-refractivity contribution in [3.05, 3.63) is 23.8 Å². The average Bonchev–Trinajstić information content (AvgIpc) is 2.34.